The highest BCUT2D eigenvalue weighted by Crippen LogP contribution is 2.11. The number of nitrogens with one attached hydrogen (secondary N) is 2. The summed E-state index contributed by atoms with van der Waals surface area (Å²) in [4.78, 5) is 28.1. The number of carbonyl (C=O) groups is 2. The number of imidazole rings is 1. The zero-order valence-corrected chi connectivity index (χ0v) is 12.1. The number of hydrogen-bond donors (Lipinski definition) is 2. The second kappa shape index (κ2) is 6.54. The molecule has 1 aliphatic rings. The van der Waals surface area contributed by atoms with Crippen LogP contribution in [0.2, 0.25) is 0 Å². The molecular weight excluding hydrogens is 256 g/mol. The number of aromatic nitrogens is 2. The van der Waals surface area contributed by atoms with Crippen LogP contribution in [0.4, 0.5) is 0 Å². The molecule has 0 aromatic carbocycles. The normalized spacial score (nSPS) is 19.6. The molecule has 1 atom stereocenters. The van der Waals surface area contributed by atoms with Crippen LogP contribution >= 0.6 is 0 Å². The molecule has 1 saturated heterocycles. The van der Waals surface area contributed by atoms with Crippen molar-refractivity contribution in [1.29, 1.82) is 0 Å². The van der Waals surface area contributed by atoms with E-state index in [4.69, 9.17) is 0 Å². The monoisotopic (exact) mass is 278 g/mol. The Morgan fingerprint density at radius 3 is 3.10 bits per heavy atom. The van der Waals surface area contributed by atoms with E-state index in [-0.39, 0.29) is 24.3 Å². The highest BCUT2D eigenvalue weighted by molar-refractivity contribution is 5.87. The molecule has 2 rings (SSSR count). The molecule has 0 radical (unpaired) electrons. The third-order valence-electron chi connectivity index (χ3n) is 3.45. The number of amides is 2. The van der Waals surface area contributed by atoms with E-state index in [0.29, 0.717) is 13.0 Å². The van der Waals surface area contributed by atoms with Crippen LogP contribution in [0, 0.1) is 0 Å². The molecule has 0 bridgehead atoms. The van der Waals surface area contributed by atoms with Crippen molar-refractivity contribution in [3.8, 4) is 0 Å². The van der Waals surface area contributed by atoms with Crippen LogP contribution in [0.25, 0.3) is 0 Å². The number of nitrogens with zero attached hydrogens (tertiary/aromatic N) is 2. The molecule has 0 saturated carbocycles. The SMILES string of the molecule is CC(C)c1nccn1CC(=O)N[C@@H]1CCCCNC1=O. The summed E-state index contributed by atoms with van der Waals surface area (Å²) in [6, 6.07) is -0.406. The van der Waals surface area contributed by atoms with Gasteiger partial charge in [-0.05, 0) is 19.3 Å². The van der Waals surface area contributed by atoms with Crippen LogP contribution in [0.3, 0.4) is 0 Å². The van der Waals surface area contributed by atoms with Crippen LogP contribution in [0.5, 0.6) is 0 Å². The first kappa shape index (κ1) is 14.6. The Morgan fingerprint density at radius 1 is 1.55 bits per heavy atom. The summed E-state index contributed by atoms with van der Waals surface area (Å²) in [5.41, 5.74) is 0. The van der Waals surface area contributed by atoms with Crippen molar-refractivity contribution >= 4 is 11.8 Å². The minimum Gasteiger partial charge on any atom is -0.354 e. The van der Waals surface area contributed by atoms with Gasteiger partial charge in [0.15, 0.2) is 0 Å². The Morgan fingerprint density at radius 2 is 2.35 bits per heavy atom. The highest BCUT2D eigenvalue weighted by atomic mass is 16.2. The van der Waals surface area contributed by atoms with Gasteiger partial charge in [-0.2, -0.15) is 0 Å². The molecule has 2 N–H and O–H groups in total. The fraction of sp³-hybridized carbons (Fsp3) is 0.643. The maximum atomic E-state index is 12.1. The van der Waals surface area contributed by atoms with Gasteiger partial charge in [0.05, 0.1) is 0 Å². The lowest BCUT2D eigenvalue weighted by molar-refractivity contribution is -0.129. The van der Waals surface area contributed by atoms with E-state index in [1.165, 1.54) is 0 Å². The highest BCUT2D eigenvalue weighted by Gasteiger charge is 2.22. The smallest absolute Gasteiger partial charge is 0.242 e. The van der Waals surface area contributed by atoms with E-state index in [1.54, 1.807) is 12.4 Å². The minimum atomic E-state index is -0.406. The maximum absolute atomic E-state index is 12.1. The van der Waals surface area contributed by atoms with Gasteiger partial charge >= 0.3 is 0 Å². The molecule has 6 heteroatoms. The van der Waals surface area contributed by atoms with Crippen molar-refractivity contribution in [2.24, 2.45) is 0 Å². The maximum Gasteiger partial charge on any atom is 0.242 e. The molecule has 0 unspecified atom stereocenters. The third kappa shape index (κ3) is 3.59. The van der Waals surface area contributed by atoms with Crippen molar-refractivity contribution in [2.75, 3.05) is 6.54 Å². The van der Waals surface area contributed by atoms with E-state index in [2.05, 4.69) is 15.6 Å². The first-order valence-corrected chi connectivity index (χ1v) is 7.16. The first-order chi connectivity index (χ1) is 9.58. The zero-order valence-electron chi connectivity index (χ0n) is 12.1. The summed E-state index contributed by atoms with van der Waals surface area (Å²) in [5.74, 6) is 0.918. The molecule has 6 nitrogen and oxygen atoms in total. The molecule has 2 amide bonds. The number of hydrogen-bond acceptors (Lipinski definition) is 3. The van der Waals surface area contributed by atoms with E-state index in [0.717, 1.165) is 18.7 Å². The van der Waals surface area contributed by atoms with E-state index in [9.17, 15) is 9.59 Å². The summed E-state index contributed by atoms with van der Waals surface area (Å²) in [6.45, 7) is 4.98. The van der Waals surface area contributed by atoms with Crippen LogP contribution < -0.4 is 10.6 Å². The van der Waals surface area contributed by atoms with Gasteiger partial charge < -0.3 is 15.2 Å². The summed E-state index contributed by atoms with van der Waals surface area (Å²) in [7, 11) is 0. The molecule has 2 heterocycles. The summed E-state index contributed by atoms with van der Waals surface area (Å²) < 4.78 is 1.83. The molecule has 1 aromatic heterocycles. The Bertz CT molecular complexity index is 481. The zero-order chi connectivity index (χ0) is 14.5. The van der Waals surface area contributed by atoms with Crippen molar-refractivity contribution in [1.82, 2.24) is 20.2 Å². The van der Waals surface area contributed by atoms with Gasteiger partial charge in [0.25, 0.3) is 0 Å². The van der Waals surface area contributed by atoms with Crippen molar-refractivity contribution in [2.45, 2.75) is 51.6 Å². The average Bonchev–Trinajstić information content (AvgIpc) is 2.75. The lowest BCUT2D eigenvalue weighted by Crippen LogP contribution is -2.46. The van der Waals surface area contributed by atoms with Crippen LogP contribution in [-0.4, -0.2) is 34.0 Å². The van der Waals surface area contributed by atoms with Gasteiger partial charge in [-0.15, -0.1) is 0 Å². The van der Waals surface area contributed by atoms with Gasteiger partial charge in [-0.3, -0.25) is 9.59 Å². The van der Waals surface area contributed by atoms with Gasteiger partial charge in [-0.1, -0.05) is 13.8 Å². The van der Waals surface area contributed by atoms with Gasteiger partial charge in [0.1, 0.15) is 18.4 Å². The van der Waals surface area contributed by atoms with Gasteiger partial charge in [0, 0.05) is 24.9 Å². The van der Waals surface area contributed by atoms with Crippen molar-refractivity contribution < 1.29 is 9.59 Å². The van der Waals surface area contributed by atoms with Gasteiger partial charge in [0.2, 0.25) is 11.8 Å². The quantitative estimate of drug-likeness (QED) is 0.855. The fourth-order valence-electron chi connectivity index (χ4n) is 2.43. The molecule has 0 aliphatic carbocycles. The van der Waals surface area contributed by atoms with Crippen LogP contribution in [0.15, 0.2) is 12.4 Å². The molecule has 1 aromatic rings. The Balaban J connectivity index is 1.94. The average molecular weight is 278 g/mol. The van der Waals surface area contributed by atoms with E-state index in [1.807, 2.05) is 18.4 Å². The predicted octanol–water partition coefficient (Wildman–Crippen LogP) is 0.791. The molecule has 110 valence electrons. The molecule has 0 spiro atoms. The second-order valence-electron chi connectivity index (χ2n) is 5.47. The largest absolute Gasteiger partial charge is 0.354 e. The lowest BCUT2D eigenvalue weighted by Gasteiger charge is -2.16. The summed E-state index contributed by atoms with van der Waals surface area (Å²) in [5, 5.41) is 5.63. The van der Waals surface area contributed by atoms with E-state index >= 15 is 0 Å². The van der Waals surface area contributed by atoms with Crippen molar-refractivity contribution in [3.05, 3.63) is 18.2 Å². The van der Waals surface area contributed by atoms with Crippen LogP contribution in [-0.2, 0) is 16.1 Å². The van der Waals surface area contributed by atoms with Crippen LogP contribution in [0.1, 0.15) is 44.9 Å². The van der Waals surface area contributed by atoms with E-state index < -0.39 is 6.04 Å². The number of rotatable bonds is 4. The number of carbonyl (C=O) groups excluding carboxylic acids is 2. The molecule has 1 fully saturated rings. The summed E-state index contributed by atoms with van der Waals surface area (Å²) >= 11 is 0. The topological polar surface area (TPSA) is 76.0 Å². The Kier molecular flexibility index (Phi) is 4.76. The first-order valence-electron chi connectivity index (χ1n) is 7.16. The molecule has 1 aliphatic heterocycles. The Labute approximate surface area is 119 Å². The standard InChI is InChI=1S/C14H22N4O2/c1-10(2)13-15-7-8-18(13)9-12(19)17-11-5-3-4-6-16-14(11)20/h7-8,10-11H,3-6,9H2,1-2H3,(H,16,20)(H,17,19)/t11-/m1/s1. The predicted molar refractivity (Wildman–Crippen MR) is 75.1 cm³/mol. The Hall–Kier alpha value is -1.85. The van der Waals surface area contributed by atoms with Crippen molar-refractivity contribution in [3.63, 3.8) is 0 Å². The fourth-order valence-corrected chi connectivity index (χ4v) is 2.43. The minimum absolute atomic E-state index is 0.0782. The summed E-state index contributed by atoms with van der Waals surface area (Å²) in [6.07, 6.45) is 6.12. The lowest BCUT2D eigenvalue weighted by atomic mass is 10.1. The molecule has 20 heavy (non-hydrogen) atoms. The third-order valence-corrected chi connectivity index (χ3v) is 3.45. The second-order valence-corrected chi connectivity index (χ2v) is 5.47. The molecular formula is C14H22N4O2. The van der Waals surface area contributed by atoms with Gasteiger partial charge in [-0.25, -0.2) is 4.98 Å².